The summed E-state index contributed by atoms with van der Waals surface area (Å²) in [7, 11) is 0. The predicted molar refractivity (Wildman–Crippen MR) is 76.6 cm³/mol. The molecule has 0 saturated heterocycles. The monoisotopic (exact) mass is 279 g/mol. The maximum atomic E-state index is 8.51. The molecule has 0 saturated carbocycles. The molecule has 0 aromatic heterocycles. The molecule has 0 aliphatic carbocycles. The topological polar surface area (TPSA) is 89.1 Å². The maximum Gasteiger partial charge on any atom is 0.161 e. The van der Waals surface area contributed by atoms with Crippen LogP contribution >= 0.6 is 0 Å². The molecule has 0 radical (unpaired) electrons. The second kappa shape index (κ2) is 7.00. The number of fused-ring (bicyclic) bond motifs is 1. The van der Waals surface area contributed by atoms with E-state index in [-0.39, 0.29) is 11.9 Å². The van der Waals surface area contributed by atoms with E-state index >= 15 is 0 Å². The fraction of sp³-hybridized carbons (Fsp3) is 0.500. The summed E-state index contributed by atoms with van der Waals surface area (Å²) in [5.41, 5.74) is 6.65. The fourth-order valence-corrected chi connectivity index (χ4v) is 2.13. The lowest BCUT2D eigenvalue weighted by Gasteiger charge is -2.19. The zero-order chi connectivity index (χ0) is 14.4. The molecule has 1 unspecified atom stereocenters. The van der Waals surface area contributed by atoms with Crippen molar-refractivity contribution < 1.29 is 14.7 Å². The third kappa shape index (κ3) is 4.03. The van der Waals surface area contributed by atoms with Crippen LogP contribution in [0.4, 0.5) is 0 Å². The lowest BCUT2D eigenvalue weighted by Crippen LogP contribution is -2.32. The Morgan fingerprint density at radius 1 is 1.40 bits per heavy atom. The average molecular weight is 279 g/mol. The van der Waals surface area contributed by atoms with Crippen molar-refractivity contribution in [1.29, 1.82) is 0 Å². The SMILES string of the molecule is CC(CC(N)=NO)NCCc1ccc2c(c1)OCCO2. The van der Waals surface area contributed by atoms with Gasteiger partial charge >= 0.3 is 0 Å². The quantitative estimate of drug-likeness (QED) is 0.314. The smallest absolute Gasteiger partial charge is 0.161 e. The summed E-state index contributed by atoms with van der Waals surface area (Å²) in [6.07, 6.45) is 1.41. The highest BCUT2D eigenvalue weighted by Crippen LogP contribution is 2.30. The van der Waals surface area contributed by atoms with Crippen molar-refractivity contribution in [3.63, 3.8) is 0 Å². The number of benzene rings is 1. The van der Waals surface area contributed by atoms with E-state index in [1.54, 1.807) is 0 Å². The Morgan fingerprint density at radius 3 is 2.90 bits per heavy atom. The van der Waals surface area contributed by atoms with E-state index in [0.29, 0.717) is 19.6 Å². The summed E-state index contributed by atoms with van der Waals surface area (Å²) in [6.45, 7) is 4.03. The first-order chi connectivity index (χ1) is 9.69. The van der Waals surface area contributed by atoms with E-state index in [4.69, 9.17) is 20.4 Å². The number of ether oxygens (including phenoxy) is 2. The van der Waals surface area contributed by atoms with Crippen LogP contribution in [0.5, 0.6) is 11.5 Å². The van der Waals surface area contributed by atoms with Gasteiger partial charge in [-0.05, 0) is 37.6 Å². The van der Waals surface area contributed by atoms with Gasteiger partial charge in [-0.1, -0.05) is 11.2 Å². The van der Waals surface area contributed by atoms with E-state index in [0.717, 1.165) is 24.5 Å². The van der Waals surface area contributed by atoms with Crippen LogP contribution in [0.1, 0.15) is 18.9 Å². The second-order valence-corrected chi connectivity index (χ2v) is 4.88. The second-order valence-electron chi connectivity index (χ2n) is 4.88. The predicted octanol–water partition coefficient (Wildman–Crippen LogP) is 1.11. The first-order valence-corrected chi connectivity index (χ1v) is 6.77. The van der Waals surface area contributed by atoms with Gasteiger partial charge in [0, 0.05) is 12.5 Å². The Kier molecular flexibility index (Phi) is 5.06. The average Bonchev–Trinajstić information content (AvgIpc) is 2.47. The number of hydrogen-bond acceptors (Lipinski definition) is 5. The lowest BCUT2D eigenvalue weighted by molar-refractivity contribution is 0.171. The molecule has 1 atom stereocenters. The summed E-state index contributed by atoms with van der Waals surface area (Å²) < 4.78 is 11.0. The maximum absolute atomic E-state index is 8.51. The van der Waals surface area contributed by atoms with Gasteiger partial charge in [0.25, 0.3) is 0 Å². The molecule has 1 aromatic rings. The van der Waals surface area contributed by atoms with Gasteiger partial charge in [0.05, 0.1) is 0 Å². The minimum atomic E-state index is 0.170. The zero-order valence-electron chi connectivity index (χ0n) is 11.6. The van der Waals surface area contributed by atoms with E-state index in [9.17, 15) is 0 Å². The lowest BCUT2D eigenvalue weighted by atomic mass is 10.1. The van der Waals surface area contributed by atoms with Crippen molar-refractivity contribution in [2.75, 3.05) is 19.8 Å². The number of nitrogens with two attached hydrogens (primary N) is 1. The minimum absolute atomic E-state index is 0.170. The number of nitrogens with zero attached hydrogens (tertiary/aromatic N) is 1. The third-order valence-corrected chi connectivity index (χ3v) is 3.16. The van der Waals surface area contributed by atoms with Crippen LogP contribution in [0.3, 0.4) is 0 Å². The molecule has 110 valence electrons. The van der Waals surface area contributed by atoms with E-state index in [1.165, 1.54) is 5.56 Å². The van der Waals surface area contributed by atoms with Crippen LogP contribution in [0.25, 0.3) is 0 Å². The number of amidine groups is 1. The van der Waals surface area contributed by atoms with Gasteiger partial charge in [0.2, 0.25) is 0 Å². The van der Waals surface area contributed by atoms with Crippen molar-refractivity contribution in [1.82, 2.24) is 5.32 Å². The van der Waals surface area contributed by atoms with Crippen molar-refractivity contribution in [3.8, 4) is 11.5 Å². The Labute approximate surface area is 118 Å². The number of oxime groups is 1. The van der Waals surface area contributed by atoms with Crippen molar-refractivity contribution in [2.24, 2.45) is 10.9 Å². The molecule has 1 aliphatic heterocycles. The molecule has 0 amide bonds. The van der Waals surface area contributed by atoms with Gasteiger partial charge in [0.1, 0.15) is 19.0 Å². The van der Waals surface area contributed by atoms with Crippen LogP contribution in [-0.4, -0.2) is 36.8 Å². The highest BCUT2D eigenvalue weighted by atomic mass is 16.6. The summed E-state index contributed by atoms with van der Waals surface area (Å²) in [4.78, 5) is 0. The Balaban J connectivity index is 1.79. The third-order valence-electron chi connectivity index (χ3n) is 3.16. The number of rotatable bonds is 6. The molecule has 4 N–H and O–H groups in total. The largest absolute Gasteiger partial charge is 0.486 e. The van der Waals surface area contributed by atoms with Crippen LogP contribution in [0.2, 0.25) is 0 Å². The summed E-state index contributed by atoms with van der Waals surface area (Å²) in [5.74, 6) is 1.87. The van der Waals surface area contributed by atoms with Gasteiger partial charge in [-0.15, -0.1) is 0 Å². The van der Waals surface area contributed by atoms with Gasteiger partial charge in [-0.2, -0.15) is 0 Å². The van der Waals surface area contributed by atoms with Gasteiger partial charge in [0.15, 0.2) is 11.5 Å². The first kappa shape index (κ1) is 14.5. The molecule has 6 heteroatoms. The normalized spacial score (nSPS) is 15.9. The molecular weight excluding hydrogens is 258 g/mol. The number of hydrogen-bond donors (Lipinski definition) is 3. The van der Waals surface area contributed by atoms with E-state index in [2.05, 4.69) is 10.5 Å². The molecule has 0 bridgehead atoms. The van der Waals surface area contributed by atoms with E-state index < -0.39 is 0 Å². The van der Waals surface area contributed by atoms with Crippen LogP contribution in [-0.2, 0) is 6.42 Å². The fourth-order valence-electron chi connectivity index (χ4n) is 2.13. The highest BCUT2D eigenvalue weighted by Gasteiger charge is 2.11. The van der Waals surface area contributed by atoms with Crippen LogP contribution in [0, 0.1) is 0 Å². The molecule has 6 nitrogen and oxygen atoms in total. The van der Waals surface area contributed by atoms with Crippen molar-refractivity contribution in [2.45, 2.75) is 25.8 Å². The van der Waals surface area contributed by atoms with Gasteiger partial charge < -0.3 is 25.7 Å². The summed E-state index contributed by atoms with van der Waals surface area (Å²) in [5, 5.41) is 14.8. The minimum Gasteiger partial charge on any atom is -0.486 e. The van der Waals surface area contributed by atoms with E-state index in [1.807, 2.05) is 25.1 Å². The van der Waals surface area contributed by atoms with Crippen LogP contribution in [0.15, 0.2) is 23.4 Å². The Morgan fingerprint density at radius 2 is 2.15 bits per heavy atom. The van der Waals surface area contributed by atoms with Gasteiger partial charge in [-0.25, -0.2) is 0 Å². The van der Waals surface area contributed by atoms with Crippen LogP contribution < -0.4 is 20.5 Å². The molecular formula is C14H21N3O3. The zero-order valence-corrected chi connectivity index (χ0v) is 11.6. The molecule has 1 aromatic carbocycles. The molecule has 2 rings (SSSR count). The van der Waals surface area contributed by atoms with Crippen molar-refractivity contribution >= 4 is 5.84 Å². The molecule has 1 heterocycles. The molecule has 1 aliphatic rings. The summed E-state index contributed by atoms with van der Waals surface area (Å²) in [6, 6.07) is 6.18. The first-order valence-electron chi connectivity index (χ1n) is 6.77. The van der Waals surface area contributed by atoms with Crippen molar-refractivity contribution in [3.05, 3.63) is 23.8 Å². The molecule has 20 heavy (non-hydrogen) atoms. The Hall–Kier alpha value is -1.95. The van der Waals surface area contributed by atoms with Gasteiger partial charge in [-0.3, -0.25) is 0 Å². The number of nitrogens with one attached hydrogen (secondary N) is 1. The molecule has 0 spiro atoms. The molecule has 0 fully saturated rings. The summed E-state index contributed by atoms with van der Waals surface area (Å²) >= 11 is 0. The standard InChI is InChI=1S/C14H21N3O3/c1-10(8-14(15)17-18)16-5-4-11-2-3-12-13(9-11)20-7-6-19-12/h2-3,9-10,16,18H,4-8H2,1H3,(H2,15,17). The highest BCUT2D eigenvalue weighted by molar-refractivity contribution is 5.80. The Bertz CT molecular complexity index is 477.